The molecule has 0 unspecified atom stereocenters. The lowest BCUT2D eigenvalue weighted by molar-refractivity contribution is 0.0722. The Labute approximate surface area is 169 Å². The maximum Gasteiger partial charge on any atom is 0.256 e. The van der Waals surface area contributed by atoms with Crippen LogP contribution in [0.15, 0.2) is 53.6 Å². The van der Waals surface area contributed by atoms with Crippen LogP contribution in [-0.4, -0.2) is 33.8 Å². The highest BCUT2D eigenvalue weighted by Crippen LogP contribution is 2.32. The third-order valence-corrected chi connectivity index (χ3v) is 5.72. The zero-order valence-electron chi connectivity index (χ0n) is 16.1. The Kier molecular flexibility index (Phi) is 4.18. The van der Waals surface area contributed by atoms with Crippen molar-refractivity contribution >= 4 is 22.2 Å². The molecule has 0 aliphatic carbocycles. The van der Waals surface area contributed by atoms with E-state index in [0.717, 1.165) is 17.6 Å². The van der Waals surface area contributed by atoms with Crippen LogP contribution in [0.4, 0.5) is 8.78 Å². The Morgan fingerprint density at radius 2 is 1.93 bits per heavy atom. The normalized spacial score (nSPS) is 16.0. The van der Waals surface area contributed by atoms with Crippen LogP contribution in [0.3, 0.4) is 0 Å². The van der Waals surface area contributed by atoms with Crippen LogP contribution in [0.25, 0.3) is 16.3 Å². The number of hydrogen-bond acceptors (Lipinski definition) is 3. The summed E-state index contributed by atoms with van der Waals surface area (Å²) in [5.74, 6) is -2.32. The van der Waals surface area contributed by atoms with Crippen molar-refractivity contribution in [2.45, 2.75) is 12.6 Å². The molecular weight excluding hydrogens is 390 g/mol. The molecular formula is C22H18F2N4O2. The largest absolute Gasteiger partial charge is 0.333 e. The smallest absolute Gasteiger partial charge is 0.256 e. The molecule has 0 fully saturated rings. The predicted molar refractivity (Wildman–Crippen MR) is 108 cm³/mol. The molecule has 1 aliphatic rings. The van der Waals surface area contributed by atoms with Gasteiger partial charge in [0.2, 0.25) is 0 Å². The number of fused-ring (bicyclic) bond motifs is 4. The molecule has 30 heavy (non-hydrogen) atoms. The van der Waals surface area contributed by atoms with E-state index >= 15 is 0 Å². The Bertz CT molecular complexity index is 1380. The predicted octanol–water partition coefficient (Wildman–Crippen LogP) is 2.98. The van der Waals surface area contributed by atoms with E-state index in [0.29, 0.717) is 35.3 Å². The fourth-order valence-corrected chi connectivity index (χ4v) is 4.18. The van der Waals surface area contributed by atoms with Crippen LogP contribution in [0.5, 0.6) is 0 Å². The first-order valence-corrected chi connectivity index (χ1v) is 9.52. The molecule has 5 rings (SSSR count). The second-order valence-corrected chi connectivity index (χ2v) is 7.48. The van der Waals surface area contributed by atoms with Crippen molar-refractivity contribution in [1.29, 1.82) is 0 Å². The summed E-state index contributed by atoms with van der Waals surface area (Å²) >= 11 is 0. The van der Waals surface area contributed by atoms with Crippen molar-refractivity contribution in [2.24, 2.45) is 0 Å². The van der Waals surface area contributed by atoms with E-state index in [4.69, 9.17) is 0 Å². The Balaban J connectivity index is 1.62. The number of nitrogens with zero attached hydrogens (tertiary/aromatic N) is 2. The first kappa shape index (κ1) is 18.5. The number of H-pyrrole nitrogens is 1. The van der Waals surface area contributed by atoms with Crippen molar-refractivity contribution in [3.63, 3.8) is 0 Å². The summed E-state index contributed by atoms with van der Waals surface area (Å²) in [6.07, 6.45) is 3.62. The zero-order valence-corrected chi connectivity index (χ0v) is 16.1. The minimum absolute atomic E-state index is 0.0640. The third-order valence-electron chi connectivity index (χ3n) is 5.72. The summed E-state index contributed by atoms with van der Waals surface area (Å²) in [4.78, 5) is 29.9. The highest BCUT2D eigenvalue weighted by molar-refractivity contribution is 5.95. The van der Waals surface area contributed by atoms with E-state index in [-0.39, 0.29) is 11.3 Å². The second-order valence-electron chi connectivity index (χ2n) is 7.48. The van der Waals surface area contributed by atoms with Crippen molar-refractivity contribution < 1.29 is 13.6 Å². The van der Waals surface area contributed by atoms with Crippen LogP contribution in [0.2, 0.25) is 0 Å². The molecule has 0 radical (unpaired) electrons. The summed E-state index contributed by atoms with van der Waals surface area (Å²) in [5, 5.41) is 3.57. The Morgan fingerprint density at radius 3 is 2.73 bits per heavy atom. The van der Waals surface area contributed by atoms with E-state index in [2.05, 4.69) is 10.3 Å². The van der Waals surface area contributed by atoms with Gasteiger partial charge >= 0.3 is 0 Å². The quantitative estimate of drug-likeness (QED) is 0.536. The number of carbonyl (C=O) groups excluding carboxylic acids is 1. The number of aromatic nitrogens is 2. The lowest BCUT2D eigenvalue weighted by atomic mass is 9.93. The Morgan fingerprint density at radius 1 is 1.17 bits per heavy atom. The number of amides is 1. The van der Waals surface area contributed by atoms with E-state index in [1.165, 1.54) is 0 Å². The molecule has 3 aromatic heterocycles. The number of carbonyl (C=O) groups is 1. The maximum atomic E-state index is 14.0. The molecule has 0 bridgehead atoms. The van der Waals surface area contributed by atoms with Gasteiger partial charge in [0, 0.05) is 49.3 Å². The highest BCUT2D eigenvalue weighted by atomic mass is 19.2. The minimum Gasteiger partial charge on any atom is -0.333 e. The monoisotopic (exact) mass is 408 g/mol. The van der Waals surface area contributed by atoms with Crippen LogP contribution in [-0.2, 0) is 6.54 Å². The third kappa shape index (κ3) is 2.80. The van der Waals surface area contributed by atoms with Gasteiger partial charge in [0.1, 0.15) is 0 Å². The summed E-state index contributed by atoms with van der Waals surface area (Å²) < 4.78 is 29.7. The molecule has 2 N–H and O–H groups in total. The van der Waals surface area contributed by atoms with Gasteiger partial charge in [-0.2, -0.15) is 0 Å². The molecule has 8 heteroatoms. The average molecular weight is 408 g/mol. The maximum absolute atomic E-state index is 14.0. The molecule has 0 spiro atoms. The number of pyridine rings is 2. The van der Waals surface area contributed by atoms with E-state index < -0.39 is 23.2 Å². The zero-order chi connectivity index (χ0) is 21.0. The Hall–Kier alpha value is -3.52. The topological polar surface area (TPSA) is 69.6 Å². The molecule has 1 atom stereocenters. The number of hydrogen-bond donors (Lipinski definition) is 2. The molecule has 1 amide bonds. The standard InChI is InChI=1S/C22H18F2N4O2/c1-27(22(30)12-4-5-13-3-2-6-28(13)11-12)19-10-25-9-18-20(19)14-7-16(23)17(24)8-15(14)21(29)26-18/h2-8,11,19,25H,9-10H2,1H3,(H,26,29)/t19-/m1/s1. The molecule has 0 saturated carbocycles. The van der Waals surface area contributed by atoms with Crippen LogP contribution >= 0.6 is 0 Å². The van der Waals surface area contributed by atoms with Crippen LogP contribution in [0.1, 0.15) is 27.7 Å². The number of halogens is 2. The number of rotatable bonds is 2. The molecule has 4 heterocycles. The van der Waals surface area contributed by atoms with Crippen molar-refractivity contribution in [2.75, 3.05) is 13.6 Å². The van der Waals surface area contributed by atoms with E-state index in [1.807, 2.05) is 28.8 Å². The van der Waals surface area contributed by atoms with Gasteiger partial charge in [-0.05, 0) is 41.8 Å². The first-order chi connectivity index (χ1) is 14.4. The summed E-state index contributed by atoms with van der Waals surface area (Å²) in [7, 11) is 1.67. The van der Waals surface area contributed by atoms with Crippen LogP contribution < -0.4 is 10.9 Å². The van der Waals surface area contributed by atoms with E-state index in [1.54, 1.807) is 24.2 Å². The SMILES string of the molecule is CN(C(=O)c1ccc2cccn2c1)[C@@H]1CNCc2[nH]c(=O)c3cc(F)c(F)cc3c21. The van der Waals surface area contributed by atoms with Gasteiger partial charge in [-0.15, -0.1) is 0 Å². The number of benzene rings is 1. The molecule has 152 valence electrons. The van der Waals surface area contributed by atoms with Gasteiger partial charge in [-0.1, -0.05) is 0 Å². The number of aromatic amines is 1. The fraction of sp³-hybridized carbons (Fsp3) is 0.182. The summed E-state index contributed by atoms with van der Waals surface area (Å²) in [5.41, 5.74) is 2.17. The lowest BCUT2D eigenvalue weighted by Crippen LogP contribution is -2.42. The molecule has 4 aromatic rings. The van der Waals surface area contributed by atoms with Crippen molar-refractivity contribution in [3.05, 3.63) is 87.6 Å². The van der Waals surface area contributed by atoms with Crippen molar-refractivity contribution in [3.8, 4) is 0 Å². The molecule has 0 saturated heterocycles. The lowest BCUT2D eigenvalue weighted by Gasteiger charge is -2.34. The van der Waals surface area contributed by atoms with Gasteiger partial charge in [0.25, 0.3) is 11.5 Å². The van der Waals surface area contributed by atoms with Gasteiger partial charge < -0.3 is 19.6 Å². The summed E-state index contributed by atoms with van der Waals surface area (Å²) in [6.45, 7) is 0.786. The molecule has 6 nitrogen and oxygen atoms in total. The van der Waals surface area contributed by atoms with E-state index in [9.17, 15) is 18.4 Å². The second kappa shape index (κ2) is 6.77. The average Bonchev–Trinajstić information content (AvgIpc) is 3.21. The van der Waals surface area contributed by atoms with Gasteiger partial charge in [0.05, 0.1) is 17.0 Å². The number of nitrogens with one attached hydrogen (secondary N) is 2. The van der Waals surface area contributed by atoms with Crippen molar-refractivity contribution in [1.82, 2.24) is 19.6 Å². The molecule has 1 aliphatic heterocycles. The minimum atomic E-state index is -1.08. The fourth-order valence-electron chi connectivity index (χ4n) is 4.18. The highest BCUT2D eigenvalue weighted by Gasteiger charge is 2.30. The van der Waals surface area contributed by atoms with Crippen LogP contribution in [0, 0.1) is 11.6 Å². The van der Waals surface area contributed by atoms with Gasteiger partial charge in [-0.25, -0.2) is 8.78 Å². The van der Waals surface area contributed by atoms with Gasteiger partial charge in [-0.3, -0.25) is 9.59 Å². The number of likely N-dealkylation sites (N-methyl/N-ethyl adjacent to an activating group) is 1. The first-order valence-electron chi connectivity index (χ1n) is 9.52. The van der Waals surface area contributed by atoms with Gasteiger partial charge in [0.15, 0.2) is 11.6 Å². The molecule has 1 aromatic carbocycles. The summed E-state index contributed by atoms with van der Waals surface area (Å²) in [6, 6.07) is 8.93.